The SMILES string of the molecule is CC1CCN(C(=N)C(C#N)=C2NN=C3CCCCCN32)CC1. The van der Waals surface area contributed by atoms with Crippen LogP contribution in [0, 0.1) is 22.7 Å². The third-order valence-corrected chi connectivity index (χ3v) is 4.84. The number of fused-ring (bicyclic) bond motifs is 1. The second-order valence-corrected chi connectivity index (χ2v) is 6.46. The highest BCUT2D eigenvalue weighted by atomic mass is 15.5. The number of hydrogen-bond donors (Lipinski definition) is 2. The average molecular weight is 300 g/mol. The minimum atomic E-state index is 0.345. The maximum Gasteiger partial charge on any atom is 0.149 e. The molecule has 2 fully saturated rings. The normalized spacial score (nSPS) is 24.8. The molecule has 22 heavy (non-hydrogen) atoms. The lowest BCUT2D eigenvalue weighted by Gasteiger charge is -2.32. The van der Waals surface area contributed by atoms with Gasteiger partial charge in [-0.1, -0.05) is 13.3 Å². The van der Waals surface area contributed by atoms with Crippen LogP contribution in [0.2, 0.25) is 0 Å². The fraction of sp³-hybridized carbons (Fsp3) is 0.688. The zero-order chi connectivity index (χ0) is 15.5. The van der Waals surface area contributed by atoms with E-state index >= 15 is 0 Å². The second-order valence-electron chi connectivity index (χ2n) is 6.46. The monoisotopic (exact) mass is 300 g/mol. The van der Waals surface area contributed by atoms with Crippen LogP contribution in [0.3, 0.4) is 0 Å². The Morgan fingerprint density at radius 1 is 1.27 bits per heavy atom. The Kier molecular flexibility index (Phi) is 4.32. The number of hydrazone groups is 1. The maximum atomic E-state index is 9.61. The van der Waals surface area contributed by atoms with Crippen LogP contribution in [0.4, 0.5) is 0 Å². The highest BCUT2D eigenvalue weighted by Crippen LogP contribution is 2.24. The van der Waals surface area contributed by atoms with Crippen molar-refractivity contribution in [2.75, 3.05) is 19.6 Å². The van der Waals surface area contributed by atoms with Crippen LogP contribution in [0.15, 0.2) is 16.5 Å². The zero-order valence-electron chi connectivity index (χ0n) is 13.2. The summed E-state index contributed by atoms with van der Waals surface area (Å²) in [5.41, 5.74) is 3.44. The highest BCUT2D eigenvalue weighted by Gasteiger charge is 2.30. The molecule has 2 saturated heterocycles. The first kappa shape index (κ1) is 14.9. The van der Waals surface area contributed by atoms with Crippen molar-refractivity contribution in [2.45, 2.75) is 45.4 Å². The molecule has 0 amide bonds. The van der Waals surface area contributed by atoms with Crippen LogP contribution >= 0.6 is 0 Å². The van der Waals surface area contributed by atoms with E-state index in [0.29, 0.717) is 23.1 Å². The number of piperidine rings is 1. The Morgan fingerprint density at radius 3 is 2.77 bits per heavy atom. The van der Waals surface area contributed by atoms with E-state index in [2.05, 4.69) is 28.4 Å². The number of likely N-dealkylation sites (tertiary alicyclic amines) is 1. The minimum Gasteiger partial charge on any atom is -0.356 e. The van der Waals surface area contributed by atoms with Gasteiger partial charge in [0.05, 0.1) is 0 Å². The molecule has 118 valence electrons. The topological polar surface area (TPSA) is 78.5 Å². The van der Waals surface area contributed by atoms with Crippen molar-refractivity contribution in [3.8, 4) is 6.07 Å². The van der Waals surface area contributed by atoms with Gasteiger partial charge in [-0.2, -0.15) is 10.4 Å². The quantitative estimate of drug-likeness (QED) is 0.442. The molecule has 0 saturated carbocycles. The molecule has 0 aromatic carbocycles. The van der Waals surface area contributed by atoms with E-state index < -0.39 is 0 Å². The van der Waals surface area contributed by atoms with E-state index in [1.807, 2.05) is 4.90 Å². The van der Waals surface area contributed by atoms with Crippen LogP contribution in [-0.2, 0) is 0 Å². The molecule has 0 unspecified atom stereocenters. The Bertz CT molecular complexity index is 547. The molecule has 0 aliphatic carbocycles. The van der Waals surface area contributed by atoms with Gasteiger partial charge in [-0.25, -0.2) is 0 Å². The van der Waals surface area contributed by atoms with Gasteiger partial charge in [0, 0.05) is 26.1 Å². The van der Waals surface area contributed by atoms with Gasteiger partial charge in [-0.3, -0.25) is 10.8 Å². The fourth-order valence-corrected chi connectivity index (χ4v) is 3.33. The molecule has 6 nitrogen and oxygen atoms in total. The summed E-state index contributed by atoms with van der Waals surface area (Å²) >= 11 is 0. The van der Waals surface area contributed by atoms with E-state index in [1.54, 1.807) is 0 Å². The molecule has 6 heteroatoms. The number of nitriles is 1. The zero-order valence-corrected chi connectivity index (χ0v) is 13.2. The molecule has 3 heterocycles. The first-order valence-corrected chi connectivity index (χ1v) is 8.29. The molecule has 2 N–H and O–H groups in total. The number of nitrogens with one attached hydrogen (secondary N) is 2. The van der Waals surface area contributed by atoms with Gasteiger partial charge in [-0.05, 0) is 31.6 Å². The Hall–Kier alpha value is -2.03. The summed E-state index contributed by atoms with van der Waals surface area (Å²) in [6, 6.07) is 2.24. The van der Waals surface area contributed by atoms with Crippen molar-refractivity contribution in [1.82, 2.24) is 15.2 Å². The summed E-state index contributed by atoms with van der Waals surface area (Å²) < 4.78 is 0. The van der Waals surface area contributed by atoms with Gasteiger partial charge in [0.15, 0.2) is 0 Å². The largest absolute Gasteiger partial charge is 0.356 e. The lowest BCUT2D eigenvalue weighted by Crippen LogP contribution is -2.40. The van der Waals surface area contributed by atoms with E-state index in [0.717, 1.165) is 57.6 Å². The van der Waals surface area contributed by atoms with E-state index in [9.17, 15) is 5.26 Å². The van der Waals surface area contributed by atoms with Crippen LogP contribution in [0.1, 0.15) is 45.4 Å². The van der Waals surface area contributed by atoms with Gasteiger partial charge in [-0.15, -0.1) is 0 Å². The summed E-state index contributed by atoms with van der Waals surface area (Å²) in [5.74, 6) is 2.79. The van der Waals surface area contributed by atoms with Crippen LogP contribution in [0.25, 0.3) is 0 Å². The first-order valence-electron chi connectivity index (χ1n) is 8.29. The molecular formula is C16H24N6. The second kappa shape index (κ2) is 6.39. The predicted octanol–water partition coefficient (Wildman–Crippen LogP) is 2.22. The summed E-state index contributed by atoms with van der Waals surface area (Å²) in [5, 5.41) is 22.4. The number of hydrogen-bond acceptors (Lipinski definition) is 5. The molecule has 0 bridgehead atoms. The Labute approximate surface area is 132 Å². The number of nitrogens with zero attached hydrogens (tertiary/aromatic N) is 4. The summed E-state index contributed by atoms with van der Waals surface area (Å²) in [6.07, 6.45) is 6.59. The van der Waals surface area contributed by atoms with Gasteiger partial charge in [0.25, 0.3) is 0 Å². The smallest absolute Gasteiger partial charge is 0.149 e. The van der Waals surface area contributed by atoms with Crippen molar-refractivity contribution in [3.05, 3.63) is 11.4 Å². The highest BCUT2D eigenvalue weighted by molar-refractivity contribution is 6.01. The fourth-order valence-electron chi connectivity index (χ4n) is 3.33. The molecule has 0 aromatic heterocycles. The molecule has 3 rings (SSSR count). The molecule has 3 aliphatic heterocycles. The van der Waals surface area contributed by atoms with Gasteiger partial charge in [0.2, 0.25) is 0 Å². The van der Waals surface area contributed by atoms with E-state index in [4.69, 9.17) is 5.41 Å². The van der Waals surface area contributed by atoms with Crippen molar-refractivity contribution in [3.63, 3.8) is 0 Å². The van der Waals surface area contributed by atoms with E-state index in [1.165, 1.54) is 6.42 Å². The third-order valence-electron chi connectivity index (χ3n) is 4.84. The maximum absolute atomic E-state index is 9.61. The van der Waals surface area contributed by atoms with E-state index in [-0.39, 0.29) is 0 Å². The molecule has 0 radical (unpaired) electrons. The molecule has 0 aromatic rings. The summed E-state index contributed by atoms with van der Waals surface area (Å²) in [7, 11) is 0. The third kappa shape index (κ3) is 2.80. The van der Waals surface area contributed by atoms with Crippen molar-refractivity contribution in [1.29, 1.82) is 10.7 Å². The Balaban J connectivity index is 1.81. The molecule has 0 atom stereocenters. The molecule has 3 aliphatic rings. The van der Waals surface area contributed by atoms with Gasteiger partial charge < -0.3 is 9.80 Å². The number of amidine groups is 2. The van der Waals surface area contributed by atoms with Crippen LogP contribution in [0.5, 0.6) is 0 Å². The summed E-state index contributed by atoms with van der Waals surface area (Å²) in [6.45, 7) is 4.87. The lowest BCUT2D eigenvalue weighted by atomic mass is 9.98. The number of rotatable bonds is 1. The lowest BCUT2D eigenvalue weighted by molar-refractivity contribution is 0.279. The van der Waals surface area contributed by atoms with Crippen molar-refractivity contribution >= 4 is 11.7 Å². The van der Waals surface area contributed by atoms with Crippen LogP contribution < -0.4 is 5.43 Å². The molecular weight excluding hydrogens is 276 g/mol. The standard InChI is InChI=1S/C16H24N6/c1-12-6-9-21(10-7-12)15(18)13(11-17)16-20-19-14-5-3-2-4-8-22(14)16/h12,18,20H,2-10H2,1H3. The average Bonchev–Trinajstić information content (AvgIpc) is 2.78. The van der Waals surface area contributed by atoms with Crippen molar-refractivity contribution in [2.24, 2.45) is 11.0 Å². The predicted molar refractivity (Wildman–Crippen MR) is 86.1 cm³/mol. The Morgan fingerprint density at radius 2 is 2.05 bits per heavy atom. The first-order chi connectivity index (χ1) is 10.7. The summed E-state index contributed by atoms with van der Waals surface area (Å²) in [4.78, 5) is 4.13. The van der Waals surface area contributed by atoms with Crippen LogP contribution in [-0.4, -0.2) is 41.1 Å². The molecule has 0 spiro atoms. The van der Waals surface area contributed by atoms with Crippen molar-refractivity contribution < 1.29 is 0 Å². The van der Waals surface area contributed by atoms with Gasteiger partial charge in [0.1, 0.15) is 29.1 Å². The minimum absolute atomic E-state index is 0.345. The van der Waals surface area contributed by atoms with Gasteiger partial charge >= 0.3 is 0 Å².